The first kappa shape index (κ1) is 20.7. The van der Waals surface area contributed by atoms with Crippen LogP contribution in [0.15, 0.2) is 84.0 Å². The first-order valence-electron chi connectivity index (χ1n) is 9.23. The molecule has 0 aliphatic heterocycles. The van der Waals surface area contributed by atoms with Crippen LogP contribution in [0.25, 0.3) is 0 Å². The molecule has 30 heavy (non-hydrogen) atoms. The third-order valence-corrected chi connectivity index (χ3v) is 4.07. The van der Waals surface area contributed by atoms with Crippen LogP contribution in [0, 0.1) is 5.82 Å². The van der Waals surface area contributed by atoms with Gasteiger partial charge in [0.2, 0.25) is 0 Å². The van der Waals surface area contributed by atoms with Crippen molar-refractivity contribution in [1.29, 1.82) is 0 Å². The van der Waals surface area contributed by atoms with Crippen molar-refractivity contribution in [3.05, 3.63) is 101 Å². The molecule has 3 rings (SSSR count). The number of nitrogens with one attached hydrogen (secondary N) is 2. The van der Waals surface area contributed by atoms with Crippen LogP contribution < -0.4 is 15.5 Å². The Morgan fingerprint density at radius 3 is 2.43 bits per heavy atom. The van der Waals surface area contributed by atoms with Crippen LogP contribution in [-0.2, 0) is 22.7 Å². The zero-order chi connectivity index (χ0) is 21.2. The summed E-state index contributed by atoms with van der Waals surface area (Å²) in [6.45, 7) is 0.421. The van der Waals surface area contributed by atoms with E-state index < -0.39 is 11.8 Å². The fourth-order valence-corrected chi connectivity index (χ4v) is 2.58. The number of carbonyl (C=O) groups excluding carboxylic acids is 2. The van der Waals surface area contributed by atoms with Gasteiger partial charge in [-0.05, 0) is 35.4 Å². The number of carbonyl (C=O) groups is 2. The van der Waals surface area contributed by atoms with Gasteiger partial charge >= 0.3 is 11.8 Å². The van der Waals surface area contributed by atoms with Crippen LogP contribution >= 0.6 is 0 Å². The molecule has 6 nitrogen and oxygen atoms in total. The Balaban J connectivity index is 1.53. The molecule has 0 heterocycles. The van der Waals surface area contributed by atoms with E-state index in [1.165, 1.54) is 18.3 Å². The number of nitrogens with zero attached hydrogens (tertiary/aromatic N) is 1. The number of hydrogen-bond acceptors (Lipinski definition) is 4. The van der Waals surface area contributed by atoms with Crippen molar-refractivity contribution in [2.45, 2.75) is 13.2 Å². The van der Waals surface area contributed by atoms with E-state index in [2.05, 4.69) is 15.8 Å². The molecule has 0 unspecified atom stereocenters. The van der Waals surface area contributed by atoms with Gasteiger partial charge in [0.25, 0.3) is 0 Å². The summed E-state index contributed by atoms with van der Waals surface area (Å²) >= 11 is 0. The Morgan fingerprint density at radius 2 is 1.63 bits per heavy atom. The summed E-state index contributed by atoms with van der Waals surface area (Å²) in [5.41, 5.74) is 4.35. The molecule has 0 bridgehead atoms. The summed E-state index contributed by atoms with van der Waals surface area (Å²) in [4.78, 5) is 23.7. The van der Waals surface area contributed by atoms with E-state index in [0.29, 0.717) is 16.9 Å². The third kappa shape index (κ3) is 6.27. The Bertz CT molecular complexity index is 1040. The summed E-state index contributed by atoms with van der Waals surface area (Å²) in [5.74, 6) is -1.49. The molecule has 2 amide bonds. The predicted octanol–water partition coefficient (Wildman–Crippen LogP) is 3.17. The van der Waals surface area contributed by atoms with Gasteiger partial charge in [-0.15, -0.1) is 0 Å². The van der Waals surface area contributed by atoms with Crippen LogP contribution in [0.1, 0.15) is 16.7 Å². The molecule has 0 spiro atoms. The average Bonchev–Trinajstić information content (AvgIpc) is 2.77. The third-order valence-electron chi connectivity index (χ3n) is 4.07. The van der Waals surface area contributed by atoms with Crippen molar-refractivity contribution in [2.24, 2.45) is 5.10 Å². The number of benzene rings is 3. The van der Waals surface area contributed by atoms with Gasteiger partial charge in [-0.25, -0.2) is 9.82 Å². The highest BCUT2D eigenvalue weighted by Crippen LogP contribution is 2.17. The second-order valence-corrected chi connectivity index (χ2v) is 6.32. The largest absolute Gasteiger partial charge is 0.488 e. The lowest BCUT2D eigenvalue weighted by Gasteiger charge is -2.09. The topological polar surface area (TPSA) is 79.8 Å². The average molecular weight is 405 g/mol. The van der Waals surface area contributed by atoms with E-state index in [0.717, 1.165) is 5.56 Å². The number of rotatable bonds is 7. The van der Waals surface area contributed by atoms with Crippen LogP contribution in [0.4, 0.5) is 4.39 Å². The minimum Gasteiger partial charge on any atom is -0.488 e. The van der Waals surface area contributed by atoms with Crippen molar-refractivity contribution < 1.29 is 18.7 Å². The minimum atomic E-state index is -0.875. The smallest absolute Gasteiger partial charge is 0.329 e. The van der Waals surface area contributed by atoms with Crippen LogP contribution in [-0.4, -0.2) is 18.0 Å². The van der Waals surface area contributed by atoms with Gasteiger partial charge in [0.15, 0.2) is 0 Å². The molecular formula is C23H20FN3O3. The summed E-state index contributed by atoms with van der Waals surface area (Å²) in [6.07, 6.45) is 1.38. The molecule has 0 saturated heterocycles. The maximum Gasteiger partial charge on any atom is 0.329 e. The highest BCUT2D eigenvalue weighted by molar-refractivity contribution is 6.35. The van der Waals surface area contributed by atoms with E-state index in [9.17, 15) is 14.0 Å². The molecule has 0 aromatic heterocycles. The normalized spacial score (nSPS) is 10.6. The molecule has 0 saturated carbocycles. The zero-order valence-electron chi connectivity index (χ0n) is 16.0. The monoisotopic (exact) mass is 405 g/mol. The molecular weight excluding hydrogens is 385 g/mol. The lowest BCUT2D eigenvalue weighted by Crippen LogP contribution is -2.37. The number of halogens is 1. The Kier molecular flexibility index (Phi) is 7.27. The van der Waals surface area contributed by atoms with Gasteiger partial charge in [-0.3, -0.25) is 9.59 Å². The SMILES string of the molecule is O=C(NCc1ccccc1)C(=O)N/N=C\c1ccccc1OCc1cccc(F)c1. The van der Waals surface area contributed by atoms with E-state index in [1.807, 2.05) is 30.3 Å². The first-order valence-corrected chi connectivity index (χ1v) is 9.23. The van der Waals surface area contributed by atoms with Gasteiger partial charge < -0.3 is 10.1 Å². The maximum atomic E-state index is 13.3. The summed E-state index contributed by atoms with van der Waals surface area (Å²) in [7, 11) is 0. The molecule has 7 heteroatoms. The van der Waals surface area contributed by atoms with Crippen molar-refractivity contribution in [1.82, 2.24) is 10.7 Å². The molecule has 0 aliphatic carbocycles. The molecule has 152 valence electrons. The number of para-hydroxylation sites is 1. The summed E-state index contributed by atoms with van der Waals surface area (Å²) in [6, 6.07) is 22.4. The zero-order valence-corrected chi connectivity index (χ0v) is 16.0. The fourth-order valence-electron chi connectivity index (χ4n) is 2.58. The van der Waals surface area contributed by atoms with Crippen LogP contribution in [0.3, 0.4) is 0 Å². The Hall–Kier alpha value is -4.00. The lowest BCUT2D eigenvalue weighted by molar-refractivity contribution is -0.139. The van der Waals surface area contributed by atoms with Gasteiger partial charge in [-0.2, -0.15) is 5.10 Å². The molecule has 2 N–H and O–H groups in total. The van der Waals surface area contributed by atoms with Crippen LogP contribution in [0.2, 0.25) is 0 Å². The van der Waals surface area contributed by atoms with Gasteiger partial charge in [0, 0.05) is 12.1 Å². The molecule has 0 radical (unpaired) electrons. The van der Waals surface area contributed by atoms with E-state index >= 15 is 0 Å². The van der Waals surface area contributed by atoms with Crippen molar-refractivity contribution in [3.63, 3.8) is 0 Å². The highest BCUT2D eigenvalue weighted by atomic mass is 19.1. The second kappa shape index (κ2) is 10.5. The molecule has 0 aliphatic rings. The van der Waals surface area contributed by atoms with Crippen molar-refractivity contribution in [2.75, 3.05) is 0 Å². The number of hydrogen-bond donors (Lipinski definition) is 2. The minimum absolute atomic E-state index is 0.177. The lowest BCUT2D eigenvalue weighted by atomic mass is 10.2. The number of ether oxygens (including phenoxy) is 1. The number of hydrazone groups is 1. The Labute approximate surface area is 173 Å². The summed E-state index contributed by atoms with van der Waals surface area (Å²) < 4.78 is 19.0. The van der Waals surface area contributed by atoms with Gasteiger partial charge in [0.05, 0.1) is 6.21 Å². The van der Waals surface area contributed by atoms with Gasteiger partial charge in [0.1, 0.15) is 18.2 Å². The first-order chi connectivity index (χ1) is 14.6. The fraction of sp³-hybridized carbons (Fsp3) is 0.0870. The molecule has 3 aromatic carbocycles. The van der Waals surface area contributed by atoms with E-state index in [4.69, 9.17) is 4.74 Å². The second-order valence-electron chi connectivity index (χ2n) is 6.32. The van der Waals surface area contributed by atoms with E-state index in [-0.39, 0.29) is 19.0 Å². The van der Waals surface area contributed by atoms with E-state index in [1.54, 1.807) is 36.4 Å². The van der Waals surface area contributed by atoms with Crippen molar-refractivity contribution >= 4 is 18.0 Å². The molecule has 0 fully saturated rings. The van der Waals surface area contributed by atoms with Crippen LogP contribution in [0.5, 0.6) is 5.75 Å². The predicted molar refractivity (Wildman–Crippen MR) is 111 cm³/mol. The quantitative estimate of drug-likeness (QED) is 0.360. The van der Waals surface area contributed by atoms with Crippen molar-refractivity contribution in [3.8, 4) is 5.75 Å². The van der Waals surface area contributed by atoms with Gasteiger partial charge in [-0.1, -0.05) is 54.6 Å². The molecule has 3 aromatic rings. The standard InChI is InChI=1S/C23H20FN3O3/c24-20-11-6-9-18(13-20)16-30-21-12-5-4-10-19(21)15-26-27-23(29)22(28)25-14-17-7-2-1-3-8-17/h1-13,15H,14,16H2,(H,25,28)(H,27,29)/b26-15-. The molecule has 0 atom stereocenters. The highest BCUT2D eigenvalue weighted by Gasteiger charge is 2.12. The Morgan fingerprint density at radius 1 is 0.900 bits per heavy atom. The summed E-state index contributed by atoms with van der Waals surface area (Å²) in [5, 5.41) is 6.34. The maximum absolute atomic E-state index is 13.3. The number of amides is 2.